The van der Waals surface area contributed by atoms with Crippen LogP contribution < -0.4 is 5.32 Å². The number of H-pyrrole nitrogens is 1. The second-order valence-corrected chi connectivity index (χ2v) is 2.96. The number of carbonyl (C=O) groups excluding carboxylic acids is 2. The Kier molecular flexibility index (Phi) is 3.78. The molecule has 1 heterocycles. The first-order valence-corrected chi connectivity index (χ1v) is 4.33. The van der Waals surface area contributed by atoms with Crippen LogP contribution in [0.25, 0.3) is 0 Å². The van der Waals surface area contributed by atoms with Gasteiger partial charge in [0.1, 0.15) is 0 Å². The summed E-state index contributed by atoms with van der Waals surface area (Å²) in [6, 6.07) is -0.637. The fourth-order valence-electron chi connectivity index (χ4n) is 1.03. The molecule has 1 aromatic heterocycles. The predicted octanol–water partition coefficient (Wildman–Crippen LogP) is -0.339. The summed E-state index contributed by atoms with van der Waals surface area (Å²) in [7, 11) is 1.24. The lowest BCUT2D eigenvalue weighted by Gasteiger charge is -2.12. The second-order valence-electron chi connectivity index (χ2n) is 2.96. The molecule has 1 atom stereocenters. The Hall–Kier alpha value is -1.92. The molecule has 0 spiro atoms. The Morgan fingerprint density at radius 3 is 2.87 bits per heavy atom. The summed E-state index contributed by atoms with van der Waals surface area (Å²) in [6.07, 6.45) is 1.15. The molecule has 0 saturated heterocycles. The van der Waals surface area contributed by atoms with Gasteiger partial charge in [0.2, 0.25) is 0 Å². The maximum atomic E-state index is 11.2. The molecule has 0 aromatic carbocycles. The molecule has 0 aliphatic carbocycles. The number of methoxy groups -OCH3 is 1. The Morgan fingerprint density at radius 2 is 2.40 bits per heavy atom. The van der Waals surface area contributed by atoms with Crippen LogP contribution in [0.15, 0.2) is 6.20 Å². The van der Waals surface area contributed by atoms with Crippen molar-refractivity contribution >= 4 is 11.9 Å². The number of Topliss-reactive ketones (excluding diaryl/α,β-unsaturated/α-hetero) is 1. The number of carbonyl (C=O) groups is 2. The van der Waals surface area contributed by atoms with Gasteiger partial charge in [-0.1, -0.05) is 0 Å². The van der Waals surface area contributed by atoms with E-state index in [9.17, 15) is 9.59 Å². The summed E-state index contributed by atoms with van der Waals surface area (Å²) < 4.78 is 4.40. The number of amides is 1. The van der Waals surface area contributed by atoms with Crippen molar-refractivity contribution in [3.63, 3.8) is 0 Å². The van der Waals surface area contributed by atoms with E-state index in [1.807, 2.05) is 0 Å². The summed E-state index contributed by atoms with van der Waals surface area (Å²) >= 11 is 0. The van der Waals surface area contributed by atoms with Crippen LogP contribution in [0.5, 0.6) is 0 Å². The number of aromatic nitrogens is 3. The highest BCUT2D eigenvalue weighted by Crippen LogP contribution is 1.98. The lowest BCUT2D eigenvalue weighted by Crippen LogP contribution is -2.41. The van der Waals surface area contributed by atoms with Crippen molar-refractivity contribution in [1.29, 1.82) is 0 Å². The molecule has 0 radical (unpaired) electrons. The van der Waals surface area contributed by atoms with Crippen LogP contribution in [-0.2, 0) is 16.0 Å². The Bertz CT molecular complexity index is 336. The number of ketones is 1. The highest BCUT2D eigenvalue weighted by molar-refractivity contribution is 5.85. The van der Waals surface area contributed by atoms with Crippen molar-refractivity contribution in [2.45, 2.75) is 19.4 Å². The van der Waals surface area contributed by atoms with Crippen LogP contribution in [0.1, 0.15) is 12.6 Å². The molecule has 82 valence electrons. The summed E-state index contributed by atoms with van der Waals surface area (Å²) in [5.74, 6) is -0.164. The molecular weight excluding hydrogens is 200 g/mol. The molecular formula is C8H12N4O3. The van der Waals surface area contributed by atoms with Crippen molar-refractivity contribution in [2.75, 3.05) is 7.11 Å². The average Bonchev–Trinajstić information content (AvgIpc) is 2.69. The minimum Gasteiger partial charge on any atom is -0.453 e. The van der Waals surface area contributed by atoms with Crippen molar-refractivity contribution in [1.82, 2.24) is 20.7 Å². The molecule has 0 saturated carbocycles. The average molecular weight is 212 g/mol. The molecule has 0 fully saturated rings. The zero-order valence-corrected chi connectivity index (χ0v) is 8.48. The summed E-state index contributed by atoms with van der Waals surface area (Å²) in [5, 5.41) is 12.2. The highest BCUT2D eigenvalue weighted by atomic mass is 16.5. The SMILES string of the molecule is COC(=O)N[C@@H](Cc1cn[nH]n1)C(C)=O. The molecule has 1 aromatic rings. The van der Waals surface area contributed by atoms with Gasteiger partial charge in [-0.2, -0.15) is 15.4 Å². The van der Waals surface area contributed by atoms with E-state index in [0.29, 0.717) is 12.1 Å². The first-order valence-electron chi connectivity index (χ1n) is 4.33. The fourth-order valence-corrected chi connectivity index (χ4v) is 1.03. The second kappa shape index (κ2) is 5.08. The third-order valence-corrected chi connectivity index (χ3v) is 1.85. The monoisotopic (exact) mass is 212 g/mol. The molecule has 1 rings (SSSR count). The number of hydrogen-bond donors (Lipinski definition) is 2. The van der Waals surface area contributed by atoms with Crippen LogP contribution in [0.2, 0.25) is 0 Å². The molecule has 0 aliphatic rings. The van der Waals surface area contributed by atoms with Gasteiger partial charge in [-0.25, -0.2) is 4.79 Å². The topological polar surface area (TPSA) is 97.0 Å². The molecule has 15 heavy (non-hydrogen) atoms. The standard InChI is InChI=1S/C8H12N4O3/c1-5(13)7(10-8(14)15-2)3-6-4-9-12-11-6/h4,7H,3H2,1-2H3,(H,10,14)(H,9,11,12)/t7-/m0/s1. The van der Waals surface area contributed by atoms with E-state index in [4.69, 9.17) is 0 Å². The molecule has 0 bridgehead atoms. The molecule has 0 aliphatic heterocycles. The van der Waals surface area contributed by atoms with Crippen molar-refractivity contribution < 1.29 is 14.3 Å². The van der Waals surface area contributed by atoms with Gasteiger partial charge >= 0.3 is 6.09 Å². The lowest BCUT2D eigenvalue weighted by molar-refractivity contribution is -0.118. The maximum absolute atomic E-state index is 11.2. The van der Waals surface area contributed by atoms with Gasteiger partial charge in [0.15, 0.2) is 5.78 Å². The summed E-state index contributed by atoms with van der Waals surface area (Å²) in [6.45, 7) is 1.39. The van der Waals surface area contributed by atoms with E-state index in [0.717, 1.165) is 0 Å². The molecule has 7 nitrogen and oxygen atoms in total. The third-order valence-electron chi connectivity index (χ3n) is 1.85. The van der Waals surface area contributed by atoms with Crippen LogP contribution in [0, 0.1) is 0 Å². The number of alkyl carbamates (subject to hydrolysis) is 1. The van der Waals surface area contributed by atoms with Gasteiger partial charge in [0.25, 0.3) is 0 Å². The fraction of sp³-hybridized carbons (Fsp3) is 0.500. The molecule has 7 heteroatoms. The minimum absolute atomic E-state index is 0.164. The minimum atomic E-state index is -0.640. The van der Waals surface area contributed by atoms with E-state index in [1.165, 1.54) is 20.2 Å². The first-order chi connectivity index (χ1) is 7.13. The van der Waals surface area contributed by atoms with E-state index in [2.05, 4.69) is 25.5 Å². The zero-order chi connectivity index (χ0) is 11.3. The molecule has 1 amide bonds. The highest BCUT2D eigenvalue weighted by Gasteiger charge is 2.18. The maximum Gasteiger partial charge on any atom is 0.407 e. The van der Waals surface area contributed by atoms with Crippen LogP contribution >= 0.6 is 0 Å². The molecule has 2 N–H and O–H groups in total. The van der Waals surface area contributed by atoms with Gasteiger partial charge < -0.3 is 10.1 Å². The quantitative estimate of drug-likeness (QED) is 0.711. The number of rotatable bonds is 4. The van der Waals surface area contributed by atoms with Crippen LogP contribution in [-0.4, -0.2) is 40.4 Å². The predicted molar refractivity (Wildman–Crippen MR) is 50.1 cm³/mol. The Labute approximate surface area is 86.2 Å². The van der Waals surface area contributed by atoms with E-state index in [-0.39, 0.29) is 5.78 Å². The third kappa shape index (κ3) is 3.37. The Morgan fingerprint density at radius 1 is 1.67 bits per heavy atom. The smallest absolute Gasteiger partial charge is 0.407 e. The first kappa shape index (κ1) is 11.2. The van der Waals surface area contributed by atoms with E-state index >= 15 is 0 Å². The van der Waals surface area contributed by atoms with Gasteiger partial charge in [-0.3, -0.25) is 4.79 Å². The van der Waals surface area contributed by atoms with Gasteiger partial charge in [-0.15, -0.1) is 0 Å². The lowest BCUT2D eigenvalue weighted by atomic mass is 10.1. The molecule has 0 unspecified atom stereocenters. The van der Waals surface area contributed by atoms with Crippen LogP contribution in [0.3, 0.4) is 0 Å². The zero-order valence-electron chi connectivity index (χ0n) is 8.48. The number of ether oxygens (including phenoxy) is 1. The summed E-state index contributed by atoms with van der Waals surface area (Å²) in [5.41, 5.74) is 0.603. The number of hydrogen-bond acceptors (Lipinski definition) is 5. The largest absolute Gasteiger partial charge is 0.453 e. The van der Waals surface area contributed by atoms with Crippen molar-refractivity contribution in [2.24, 2.45) is 0 Å². The Balaban J connectivity index is 2.59. The van der Waals surface area contributed by atoms with Crippen molar-refractivity contribution in [3.05, 3.63) is 11.9 Å². The summed E-state index contributed by atoms with van der Waals surface area (Å²) in [4.78, 5) is 22.1. The van der Waals surface area contributed by atoms with E-state index < -0.39 is 12.1 Å². The van der Waals surface area contributed by atoms with Gasteiger partial charge in [0.05, 0.1) is 25.0 Å². The number of nitrogens with one attached hydrogen (secondary N) is 2. The number of aromatic amines is 1. The normalized spacial score (nSPS) is 11.9. The number of nitrogens with zero attached hydrogens (tertiary/aromatic N) is 2. The van der Waals surface area contributed by atoms with Crippen LogP contribution in [0.4, 0.5) is 4.79 Å². The van der Waals surface area contributed by atoms with Gasteiger partial charge in [-0.05, 0) is 6.92 Å². The van der Waals surface area contributed by atoms with Gasteiger partial charge in [0, 0.05) is 6.42 Å². The van der Waals surface area contributed by atoms with E-state index in [1.54, 1.807) is 0 Å². The van der Waals surface area contributed by atoms with Crippen molar-refractivity contribution in [3.8, 4) is 0 Å².